The summed E-state index contributed by atoms with van der Waals surface area (Å²) in [6.45, 7) is 5.45. The molecule has 17 heavy (non-hydrogen) atoms. The Morgan fingerprint density at radius 2 is 2.35 bits per heavy atom. The molecule has 0 aromatic carbocycles. The minimum atomic E-state index is 0.114. The molecule has 2 amide bonds. The van der Waals surface area contributed by atoms with Crippen molar-refractivity contribution in [3.05, 3.63) is 11.9 Å². The molecule has 0 radical (unpaired) electrons. The second kappa shape index (κ2) is 4.03. The van der Waals surface area contributed by atoms with Crippen LogP contribution in [-0.2, 0) is 0 Å². The first kappa shape index (κ1) is 10.6. The number of aromatic nitrogens is 2. The zero-order valence-electron chi connectivity index (χ0n) is 9.94. The highest BCUT2D eigenvalue weighted by Crippen LogP contribution is 2.24. The van der Waals surface area contributed by atoms with Gasteiger partial charge in [-0.15, -0.1) is 0 Å². The molecule has 0 bridgehead atoms. The summed E-state index contributed by atoms with van der Waals surface area (Å²) in [7, 11) is 0. The number of nitrogens with one attached hydrogen (secondary N) is 2. The molecule has 1 unspecified atom stereocenters. The van der Waals surface area contributed by atoms with Gasteiger partial charge in [-0.05, 0) is 19.9 Å². The normalized spacial score (nSPS) is 25.0. The number of amides is 2. The lowest BCUT2D eigenvalue weighted by Gasteiger charge is -2.23. The summed E-state index contributed by atoms with van der Waals surface area (Å²) in [5, 5.41) is 10.1. The van der Waals surface area contributed by atoms with E-state index >= 15 is 0 Å². The molecule has 3 heterocycles. The third-order valence-electron chi connectivity index (χ3n) is 3.61. The molecule has 1 aromatic rings. The first-order chi connectivity index (χ1) is 8.27. The Balaban J connectivity index is 1.78. The molecule has 2 N–H and O–H groups in total. The fourth-order valence-corrected chi connectivity index (χ4v) is 2.64. The standard InChI is InChI=1S/C11H17N5O/c1-8-10(7-13-14-8)16-5-4-15(11(16)17)9-2-3-12-6-9/h7,9,12H,2-6H2,1H3,(H,13,14). The molecule has 6 heteroatoms. The lowest BCUT2D eigenvalue weighted by Crippen LogP contribution is -2.40. The van der Waals surface area contributed by atoms with Gasteiger partial charge in [0, 0.05) is 25.7 Å². The zero-order valence-corrected chi connectivity index (χ0v) is 9.94. The van der Waals surface area contributed by atoms with Crippen molar-refractivity contribution in [3.8, 4) is 0 Å². The fraction of sp³-hybridized carbons (Fsp3) is 0.636. The van der Waals surface area contributed by atoms with Gasteiger partial charge in [-0.3, -0.25) is 10.00 Å². The quantitative estimate of drug-likeness (QED) is 0.776. The first-order valence-electron chi connectivity index (χ1n) is 6.06. The Hall–Kier alpha value is -1.56. The van der Waals surface area contributed by atoms with Crippen LogP contribution >= 0.6 is 0 Å². The summed E-state index contributed by atoms with van der Waals surface area (Å²) in [6, 6.07) is 0.475. The van der Waals surface area contributed by atoms with E-state index in [9.17, 15) is 4.79 Å². The summed E-state index contributed by atoms with van der Waals surface area (Å²) in [4.78, 5) is 16.1. The average molecular weight is 235 g/mol. The number of hydrogen-bond donors (Lipinski definition) is 2. The number of nitrogens with zero attached hydrogens (tertiary/aromatic N) is 3. The van der Waals surface area contributed by atoms with Crippen molar-refractivity contribution in [3.63, 3.8) is 0 Å². The van der Waals surface area contributed by atoms with Crippen LogP contribution < -0.4 is 10.2 Å². The lowest BCUT2D eigenvalue weighted by atomic mass is 10.2. The second-order valence-corrected chi connectivity index (χ2v) is 4.65. The Bertz CT molecular complexity index is 423. The van der Waals surface area contributed by atoms with Gasteiger partial charge in [0.15, 0.2) is 0 Å². The molecule has 3 rings (SSSR count). The molecule has 2 aliphatic heterocycles. The van der Waals surface area contributed by atoms with E-state index < -0.39 is 0 Å². The number of urea groups is 1. The highest BCUT2D eigenvalue weighted by atomic mass is 16.2. The molecule has 1 atom stereocenters. The largest absolute Gasteiger partial charge is 0.325 e. The van der Waals surface area contributed by atoms with Crippen LogP contribution in [0.3, 0.4) is 0 Å². The van der Waals surface area contributed by atoms with Gasteiger partial charge >= 0.3 is 6.03 Å². The maximum Gasteiger partial charge on any atom is 0.325 e. The predicted octanol–water partition coefficient (Wildman–Crippen LogP) is 0.322. The maximum atomic E-state index is 12.3. The van der Waals surface area contributed by atoms with Gasteiger partial charge in [0.05, 0.1) is 17.6 Å². The molecule has 2 aliphatic rings. The third kappa shape index (κ3) is 1.68. The van der Waals surface area contributed by atoms with E-state index in [1.807, 2.05) is 16.7 Å². The van der Waals surface area contributed by atoms with Crippen LogP contribution in [0.15, 0.2) is 6.20 Å². The Morgan fingerprint density at radius 3 is 3.00 bits per heavy atom. The third-order valence-corrected chi connectivity index (χ3v) is 3.61. The van der Waals surface area contributed by atoms with E-state index in [1.165, 1.54) is 0 Å². The fourth-order valence-electron chi connectivity index (χ4n) is 2.64. The van der Waals surface area contributed by atoms with E-state index in [-0.39, 0.29) is 6.03 Å². The van der Waals surface area contributed by atoms with E-state index in [2.05, 4.69) is 15.5 Å². The molecule has 92 valence electrons. The number of aryl methyl sites for hydroxylation is 1. The lowest BCUT2D eigenvalue weighted by molar-refractivity contribution is 0.205. The molecule has 0 saturated carbocycles. The van der Waals surface area contributed by atoms with Gasteiger partial charge in [0.25, 0.3) is 0 Å². The number of rotatable bonds is 2. The van der Waals surface area contributed by atoms with Crippen molar-refractivity contribution in [2.75, 3.05) is 31.1 Å². The maximum absolute atomic E-state index is 12.3. The molecular weight excluding hydrogens is 218 g/mol. The minimum absolute atomic E-state index is 0.114. The van der Waals surface area contributed by atoms with Crippen LogP contribution in [0.1, 0.15) is 12.1 Å². The van der Waals surface area contributed by atoms with Gasteiger partial charge in [-0.25, -0.2) is 4.79 Å². The summed E-state index contributed by atoms with van der Waals surface area (Å²) >= 11 is 0. The Kier molecular flexibility index (Phi) is 2.51. The number of H-pyrrole nitrogens is 1. The molecule has 2 fully saturated rings. The van der Waals surface area contributed by atoms with E-state index in [1.54, 1.807) is 6.20 Å². The molecule has 2 saturated heterocycles. The number of carbonyl (C=O) groups excluding carboxylic acids is 1. The summed E-state index contributed by atoms with van der Waals surface area (Å²) in [5.41, 5.74) is 1.85. The predicted molar refractivity (Wildman–Crippen MR) is 64.0 cm³/mol. The second-order valence-electron chi connectivity index (χ2n) is 4.65. The molecule has 1 aromatic heterocycles. The SMILES string of the molecule is Cc1[nH]ncc1N1CCN(C2CCNC2)C1=O. The van der Waals surface area contributed by atoms with Gasteiger partial charge in [0.2, 0.25) is 0 Å². The van der Waals surface area contributed by atoms with Crippen molar-refractivity contribution in [2.45, 2.75) is 19.4 Å². The van der Waals surface area contributed by atoms with E-state index in [0.29, 0.717) is 6.04 Å². The monoisotopic (exact) mass is 235 g/mol. The van der Waals surface area contributed by atoms with Crippen LogP contribution in [0.2, 0.25) is 0 Å². The van der Waals surface area contributed by atoms with Crippen LogP contribution in [-0.4, -0.2) is 53.3 Å². The number of hydrogen-bond acceptors (Lipinski definition) is 3. The zero-order chi connectivity index (χ0) is 11.8. The summed E-state index contributed by atoms with van der Waals surface area (Å²) in [6.07, 6.45) is 2.79. The van der Waals surface area contributed by atoms with Crippen LogP contribution in [0.4, 0.5) is 10.5 Å². The molecule has 6 nitrogen and oxygen atoms in total. The topological polar surface area (TPSA) is 64.3 Å². The van der Waals surface area contributed by atoms with Crippen LogP contribution in [0.25, 0.3) is 0 Å². The van der Waals surface area contributed by atoms with Crippen molar-refractivity contribution in [2.24, 2.45) is 0 Å². The van der Waals surface area contributed by atoms with Gasteiger partial charge in [-0.1, -0.05) is 0 Å². The van der Waals surface area contributed by atoms with Gasteiger partial charge in [0.1, 0.15) is 0 Å². The summed E-state index contributed by atoms with van der Waals surface area (Å²) < 4.78 is 0. The van der Waals surface area contributed by atoms with Crippen molar-refractivity contribution in [1.29, 1.82) is 0 Å². The van der Waals surface area contributed by atoms with Gasteiger partial charge < -0.3 is 10.2 Å². The Morgan fingerprint density at radius 1 is 1.47 bits per heavy atom. The number of carbonyl (C=O) groups is 1. The molecule has 0 spiro atoms. The smallest absolute Gasteiger partial charge is 0.318 e. The van der Waals surface area contributed by atoms with Gasteiger partial charge in [-0.2, -0.15) is 5.10 Å². The van der Waals surface area contributed by atoms with Crippen molar-refractivity contribution < 1.29 is 4.79 Å². The van der Waals surface area contributed by atoms with Crippen molar-refractivity contribution in [1.82, 2.24) is 20.4 Å². The number of aromatic amines is 1. The van der Waals surface area contributed by atoms with E-state index in [4.69, 9.17) is 0 Å². The highest BCUT2D eigenvalue weighted by Gasteiger charge is 2.36. The summed E-state index contributed by atoms with van der Waals surface area (Å²) in [5.74, 6) is 0. The van der Waals surface area contributed by atoms with Crippen LogP contribution in [0.5, 0.6) is 0 Å². The van der Waals surface area contributed by atoms with Crippen LogP contribution in [0, 0.1) is 6.92 Å². The average Bonchev–Trinajstić information content (AvgIpc) is 2.99. The Labute approximate surface area is 100.0 Å². The molecular formula is C11H17N5O. The first-order valence-corrected chi connectivity index (χ1v) is 6.06. The highest BCUT2D eigenvalue weighted by molar-refractivity contribution is 5.94. The molecule has 0 aliphatic carbocycles. The minimum Gasteiger partial charge on any atom is -0.318 e. The van der Waals surface area contributed by atoms with Crippen molar-refractivity contribution >= 4 is 11.7 Å². The number of anilines is 1. The van der Waals surface area contributed by atoms with E-state index in [0.717, 1.165) is 44.0 Å².